The first-order valence-corrected chi connectivity index (χ1v) is 8.04. The third-order valence-electron chi connectivity index (χ3n) is 3.75. The second-order valence-electron chi connectivity index (χ2n) is 5.61. The van der Waals surface area contributed by atoms with Gasteiger partial charge in [0.1, 0.15) is 0 Å². The molecular weight excluding hydrogens is 344 g/mol. The van der Waals surface area contributed by atoms with Crippen molar-refractivity contribution in [3.63, 3.8) is 0 Å². The lowest BCUT2D eigenvalue weighted by atomic mass is 10.1. The van der Waals surface area contributed by atoms with Crippen LogP contribution < -0.4 is 11.1 Å². The van der Waals surface area contributed by atoms with Gasteiger partial charge in [0, 0.05) is 0 Å². The minimum absolute atomic E-state index is 0.161. The number of aromatic carboxylic acids is 1. The smallest absolute Gasteiger partial charge is 0.335 e. The molecule has 3 aromatic rings. The number of hydrogen-bond acceptors (Lipinski definition) is 5. The number of hydrogen-bond donors (Lipinski definition) is 3. The number of carboxylic acids is 1. The summed E-state index contributed by atoms with van der Waals surface area (Å²) >= 11 is 0. The third kappa shape index (κ3) is 4.35. The van der Waals surface area contributed by atoms with E-state index in [1.165, 1.54) is 12.1 Å². The summed E-state index contributed by atoms with van der Waals surface area (Å²) < 4.78 is 0. The maximum Gasteiger partial charge on any atom is 0.335 e. The Bertz CT molecular complexity index is 1010. The molecule has 134 valence electrons. The van der Waals surface area contributed by atoms with Crippen LogP contribution in [0.3, 0.4) is 0 Å². The molecule has 4 N–H and O–H groups in total. The fourth-order valence-electron chi connectivity index (χ4n) is 2.34. The number of anilines is 2. The molecule has 0 atom stereocenters. The van der Waals surface area contributed by atoms with Crippen molar-refractivity contribution in [1.29, 1.82) is 0 Å². The maximum absolute atomic E-state index is 12.6. The number of carboxylic acid groups (broad SMARTS) is 1. The van der Waals surface area contributed by atoms with E-state index < -0.39 is 5.97 Å². The zero-order valence-electron chi connectivity index (χ0n) is 14.2. The number of amides is 1. The van der Waals surface area contributed by atoms with E-state index in [9.17, 15) is 9.59 Å². The first-order chi connectivity index (χ1) is 13.0. The number of azo groups is 1. The van der Waals surface area contributed by atoms with Gasteiger partial charge in [0.05, 0.1) is 33.9 Å². The SMILES string of the molecule is Nc1ccccc1NC(=O)c1ccccc1/N=N/c1ccc(C(=O)O)cc1. The molecule has 0 aliphatic carbocycles. The summed E-state index contributed by atoms with van der Waals surface area (Å²) in [5, 5.41) is 19.9. The molecule has 0 aliphatic rings. The van der Waals surface area contributed by atoms with Gasteiger partial charge in [-0.2, -0.15) is 5.11 Å². The van der Waals surface area contributed by atoms with E-state index in [4.69, 9.17) is 10.8 Å². The fourth-order valence-corrected chi connectivity index (χ4v) is 2.34. The largest absolute Gasteiger partial charge is 0.478 e. The fraction of sp³-hybridized carbons (Fsp3) is 0. The summed E-state index contributed by atoms with van der Waals surface area (Å²) in [6.45, 7) is 0. The second-order valence-corrected chi connectivity index (χ2v) is 5.61. The van der Waals surface area contributed by atoms with Crippen LogP contribution in [-0.2, 0) is 0 Å². The third-order valence-corrected chi connectivity index (χ3v) is 3.75. The Morgan fingerprint density at radius 3 is 2.22 bits per heavy atom. The molecule has 3 rings (SSSR count). The number of para-hydroxylation sites is 2. The van der Waals surface area contributed by atoms with E-state index >= 15 is 0 Å². The van der Waals surface area contributed by atoms with E-state index in [2.05, 4.69) is 15.5 Å². The maximum atomic E-state index is 12.6. The van der Waals surface area contributed by atoms with Crippen molar-refractivity contribution in [2.45, 2.75) is 0 Å². The Balaban J connectivity index is 1.82. The summed E-state index contributed by atoms with van der Waals surface area (Å²) in [5.41, 5.74) is 8.19. The van der Waals surface area contributed by atoms with Gasteiger partial charge in [-0.25, -0.2) is 4.79 Å². The van der Waals surface area contributed by atoms with Crippen molar-refractivity contribution in [1.82, 2.24) is 0 Å². The first kappa shape index (κ1) is 17.8. The number of rotatable bonds is 5. The summed E-state index contributed by atoms with van der Waals surface area (Å²) in [6.07, 6.45) is 0. The van der Waals surface area contributed by atoms with Crippen molar-refractivity contribution >= 4 is 34.6 Å². The van der Waals surface area contributed by atoms with Gasteiger partial charge in [0.2, 0.25) is 0 Å². The van der Waals surface area contributed by atoms with Crippen molar-refractivity contribution in [2.75, 3.05) is 11.1 Å². The molecule has 1 amide bonds. The van der Waals surface area contributed by atoms with Gasteiger partial charge in [-0.15, -0.1) is 5.11 Å². The monoisotopic (exact) mass is 360 g/mol. The molecule has 0 spiro atoms. The van der Waals surface area contributed by atoms with E-state index in [0.717, 1.165) is 0 Å². The van der Waals surface area contributed by atoms with Crippen molar-refractivity contribution in [3.05, 3.63) is 83.9 Å². The summed E-state index contributed by atoms with van der Waals surface area (Å²) in [4.78, 5) is 23.5. The molecule has 27 heavy (non-hydrogen) atoms. The molecule has 3 aromatic carbocycles. The Labute approximate surface area is 155 Å². The molecule has 0 saturated heterocycles. The van der Waals surface area contributed by atoms with Crippen molar-refractivity contribution < 1.29 is 14.7 Å². The number of carbonyl (C=O) groups is 2. The topological polar surface area (TPSA) is 117 Å². The van der Waals surface area contributed by atoms with Gasteiger partial charge < -0.3 is 16.2 Å². The molecule has 0 aromatic heterocycles. The Morgan fingerprint density at radius 1 is 0.852 bits per heavy atom. The van der Waals surface area contributed by atoms with Gasteiger partial charge in [-0.3, -0.25) is 4.79 Å². The number of carbonyl (C=O) groups excluding carboxylic acids is 1. The summed E-state index contributed by atoms with van der Waals surface area (Å²) in [6, 6.07) is 19.7. The molecule has 0 aliphatic heterocycles. The molecule has 0 saturated carbocycles. The molecule has 0 unspecified atom stereocenters. The lowest BCUT2D eigenvalue weighted by molar-refractivity contribution is 0.0696. The van der Waals surface area contributed by atoms with Gasteiger partial charge in [-0.05, 0) is 48.5 Å². The van der Waals surface area contributed by atoms with Crippen LogP contribution in [0.2, 0.25) is 0 Å². The summed E-state index contributed by atoms with van der Waals surface area (Å²) in [5.74, 6) is -1.37. The summed E-state index contributed by atoms with van der Waals surface area (Å²) in [7, 11) is 0. The van der Waals surface area contributed by atoms with E-state index in [1.807, 2.05) is 0 Å². The minimum Gasteiger partial charge on any atom is -0.478 e. The Morgan fingerprint density at radius 2 is 1.52 bits per heavy atom. The quantitative estimate of drug-likeness (QED) is 0.454. The predicted octanol–water partition coefficient (Wildman–Crippen LogP) is 4.63. The lowest BCUT2D eigenvalue weighted by Crippen LogP contribution is -2.13. The van der Waals surface area contributed by atoms with Crippen LogP contribution in [0.15, 0.2) is 83.0 Å². The van der Waals surface area contributed by atoms with E-state index in [-0.39, 0.29) is 11.5 Å². The van der Waals surface area contributed by atoms with Crippen LogP contribution in [0.5, 0.6) is 0 Å². The zero-order valence-corrected chi connectivity index (χ0v) is 14.2. The lowest BCUT2D eigenvalue weighted by Gasteiger charge is -2.09. The van der Waals surface area contributed by atoms with Crippen LogP contribution in [-0.4, -0.2) is 17.0 Å². The first-order valence-electron chi connectivity index (χ1n) is 8.04. The number of nitrogens with zero attached hydrogens (tertiary/aromatic N) is 2. The number of benzene rings is 3. The van der Waals surface area contributed by atoms with Crippen molar-refractivity contribution in [2.24, 2.45) is 10.2 Å². The highest BCUT2D eigenvalue weighted by Crippen LogP contribution is 2.25. The van der Waals surface area contributed by atoms with E-state index in [0.29, 0.717) is 28.3 Å². The average molecular weight is 360 g/mol. The van der Waals surface area contributed by atoms with Gasteiger partial charge >= 0.3 is 5.97 Å². The van der Waals surface area contributed by atoms with Gasteiger partial charge in [-0.1, -0.05) is 24.3 Å². The average Bonchev–Trinajstić information content (AvgIpc) is 2.68. The zero-order chi connectivity index (χ0) is 19.2. The van der Waals surface area contributed by atoms with Crippen LogP contribution in [0.1, 0.15) is 20.7 Å². The number of nitrogen functional groups attached to an aromatic ring is 1. The van der Waals surface area contributed by atoms with Crippen molar-refractivity contribution in [3.8, 4) is 0 Å². The van der Waals surface area contributed by atoms with Crippen LogP contribution >= 0.6 is 0 Å². The number of nitrogens with one attached hydrogen (secondary N) is 1. The standard InChI is InChI=1S/C20H16N4O3/c21-16-6-2-4-8-18(16)22-19(25)15-5-1-3-7-17(15)24-23-14-11-9-13(10-12-14)20(26)27/h1-12H,21H2,(H,22,25)(H,26,27)/b24-23+. The normalized spacial score (nSPS) is 10.7. The molecule has 0 fully saturated rings. The predicted molar refractivity (Wildman–Crippen MR) is 103 cm³/mol. The molecular formula is C20H16N4O3. The van der Waals surface area contributed by atoms with Crippen LogP contribution in [0.25, 0.3) is 0 Å². The second kappa shape index (κ2) is 7.92. The highest BCUT2D eigenvalue weighted by atomic mass is 16.4. The molecule has 0 radical (unpaired) electrons. The molecule has 7 heteroatoms. The van der Waals surface area contributed by atoms with Crippen LogP contribution in [0.4, 0.5) is 22.7 Å². The number of nitrogens with two attached hydrogens (primary N) is 1. The Hall–Kier alpha value is -4.00. The highest BCUT2D eigenvalue weighted by molar-refractivity contribution is 6.08. The van der Waals surface area contributed by atoms with E-state index in [1.54, 1.807) is 60.7 Å². The molecule has 7 nitrogen and oxygen atoms in total. The minimum atomic E-state index is -1.01. The van der Waals surface area contributed by atoms with Gasteiger partial charge in [0.15, 0.2) is 0 Å². The molecule has 0 heterocycles. The Kier molecular flexibility index (Phi) is 5.22. The van der Waals surface area contributed by atoms with Gasteiger partial charge in [0.25, 0.3) is 5.91 Å². The molecule has 0 bridgehead atoms. The highest BCUT2D eigenvalue weighted by Gasteiger charge is 2.12. The van der Waals surface area contributed by atoms with Crippen LogP contribution in [0, 0.1) is 0 Å².